The van der Waals surface area contributed by atoms with Crippen molar-refractivity contribution < 1.29 is 0 Å². The van der Waals surface area contributed by atoms with Crippen molar-refractivity contribution in [2.45, 2.75) is 24.7 Å². The van der Waals surface area contributed by atoms with E-state index in [2.05, 4.69) is 375 Å². The first-order valence-corrected chi connectivity index (χ1v) is 31.3. The maximum Gasteiger partial charge on any atom is 0.0714 e. The highest BCUT2D eigenvalue weighted by molar-refractivity contribution is 5.96. The molecule has 14 aromatic carbocycles. The van der Waals surface area contributed by atoms with Crippen LogP contribution in [-0.2, 0) is 10.8 Å². The van der Waals surface area contributed by atoms with Crippen molar-refractivity contribution in [1.82, 2.24) is 0 Å². The third-order valence-corrected chi connectivity index (χ3v) is 19.1. The Hall–Kier alpha value is -11.3. The first-order valence-electron chi connectivity index (χ1n) is 31.3. The number of rotatable bonds is 13. The Bertz CT molecular complexity index is 4560. The summed E-state index contributed by atoms with van der Waals surface area (Å²) in [6.07, 6.45) is 0. The van der Waals surface area contributed by atoms with Crippen molar-refractivity contribution in [2.75, 3.05) is 9.80 Å². The van der Waals surface area contributed by atoms with Gasteiger partial charge < -0.3 is 9.80 Å². The van der Waals surface area contributed by atoms with Crippen LogP contribution >= 0.6 is 0 Å². The van der Waals surface area contributed by atoms with Gasteiger partial charge in [0.15, 0.2) is 0 Å². The highest BCUT2D eigenvalue weighted by atomic mass is 15.2. The van der Waals surface area contributed by atoms with Gasteiger partial charge in [-0.1, -0.05) is 291 Å². The summed E-state index contributed by atoms with van der Waals surface area (Å²) >= 11 is 0. The van der Waals surface area contributed by atoms with Gasteiger partial charge in [0.05, 0.1) is 22.2 Å². The zero-order valence-corrected chi connectivity index (χ0v) is 50.4. The van der Waals surface area contributed by atoms with Crippen LogP contribution in [0.3, 0.4) is 0 Å². The predicted molar refractivity (Wildman–Crippen MR) is 376 cm³/mol. The van der Waals surface area contributed by atoms with Gasteiger partial charge in [0, 0.05) is 33.9 Å². The molecule has 0 spiro atoms. The molecule has 14 aromatic rings. The fourth-order valence-corrected chi connectivity index (χ4v) is 15.2. The smallest absolute Gasteiger partial charge is 0.0714 e. The summed E-state index contributed by atoms with van der Waals surface area (Å²) in [6.45, 7) is 4.55. The predicted octanol–water partition coefficient (Wildman–Crippen LogP) is 23.0. The van der Waals surface area contributed by atoms with E-state index in [1.807, 2.05) is 0 Å². The molecular formula is C88H64N2. The average molecular weight is 1150 g/mol. The fraction of sp³-hybridized carbons (Fsp3) is 0.0455. The molecule has 0 radical (unpaired) electrons. The molecule has 0 aliphatic heterocycles. The van der Waals surface area contributed by atoms with Crippen molar-refractivity contribution in [3.05, 3.63) is 407 Å². The van der Waals surface area contributed by atoms with Crippen LogP contribution in [0.2, 0.25) is 0 Å². The lowest BCUT2D eigenvalue weighted by atomic mass is 9.67. The zero-order valence-electron chi connectivity index (χ0n) is 50.4. The summed E-state index contributed by atoms with van der Waals surface area (Å²) in [5, 5.41) is 0. The maximum absolute atomic E-state index is 2.50. The lowest BCUT2D eigenvalue weighted by molar-refractivity contribution is 0.768. The van der Waals surface area contributed by atoms with Gasteiger partial charge in [-0.25, -0.2) is 0 Å². The maximum atomic E-state index is 2.50. The number of aryl methyl sites for hydroxylation is 2. The van der Waals surface area contributed by atoms with E-state index in [0.717, 1.165) is 78.6 Å². The van der Waals surface area contributed by atoms with Gasteiger partial charge >= 0.3 is 0 Å². The van der Waals surface area contributed by atoms with Crippen molar-refractivity contribution >= 4 is 34.1 Å². The van der Waals surface area contributed by atoms with Gasteiger partial charge in [-0.05, 0) is 175 Å². The Balaban J connectivity index is 0.851. The van der Waals surface area contributed by atoms with Crippen LogP contribution in [0.15, 0.2) is 352 Å². The van der Waals surface area contributed by atoms with E-state index in [9.17, 15) is 0 Å². The Kier molecular flexibility index (Phi) is 13.5. The Morgan fingerprint density at radius 1 is 0.200 bits per heavy atom. The molecule has 0 fully saturated rings. The minimum atomic E-state index is -0.557. The minimum Gasteiger partial charge on any atom is -0.310 e. The van der Waals surface area contributed by atoms with Crippen molar-refractivity contribution in [2.24, 2.45) is 0 Å². The second kappa shape index (κ2) is 22.4. The highest BCUT2D eigenvalue weighted by Gasteiger charge is 2.48. The molecule has 2 aliphatic rings. The lowest BCUT2D eigenvalue weighted by Gasteiger charge is -2.35. The monoisotopic (exact) mass is 1150 g/mol. The molecule has 2 heteroatoms. The molecule has 0 unspecified atom stereocenters. The summed E-state index contributed by atoms with van der Waals surface area (Å²) in [6, 6.07) is 130. The largest absolute Gasteiger partial charge is 0.310 e. The zero-order chi connectivity index (χ0) is 60.2. The van der Waals surface area contributed by atoms with Gasteiger partial charge in [-0.15, -0.1) is 0 Å². The Morgan fingerprint density at radius 2 is 0.489 bits per heavy atom. The van der Waals surface area contributed by atoms with E-state index in [-0.39, 0.29) is 0 Å². The average Bonchev–Trinajstić information content (AvgIpc) is 1.54. The minimum absolute atomic E-state index is 0.557. The van der Waals surface area contributed by atoms with E-state index in [1.165, 1.54) is 66.8 Å². The first kappa shape index (κ1) is 54.1. The van der Waals surface area contributed by atoms with Crippen LogP contribution in [0.1, 0.15) is 55.6 Å². The van der Waals surface area contributed by atoms with E-state index >= 15 is 0 Å². The van der Waals surface area contributed by atoms with E-state index in [1.54, 1.807) is 0 Å². The second-order valence-corrected chi connectivity index (χ2v) is 24.0. The van der Waals surface area contributed by atoms with Crippen molar-refractivity contribution in [1.29, 1.82) is 0 Å². The molecule has 2 aliphatic carbocycles. The summed E-state index contributed by atoms with van der Waals surface area (Å²) < 4.78 is 0. The van der Waals surface area contributed by atoms with Crippen LogP contribution in [0.5, 0.6) is 0 Å². The highest BCUT2D eigenvalue weighted by Crippen LogP contribution is 2.60. The van der Waals surface area contributed by atoms with Crippen molar-refractivity contribution in [3.63, 3.8) is 0 Å². The Labute approximate surface area is 528 Å². The van der Waals surface area contributed by atoms with Gasteiger partial charge in [-0.3, -0.25) is 0 Å². The Morgan fingerprint density at radius 3 is 0.833 bits per heavy atom. The molecule has 90 heavy (non-hydrogen) atoms. The summed E-state index contributed by atoms with van der Waals surface area (Å²) in [4.78, 5) is 5.00. The molecule has 0 saturated heterocycles. The molecule has 2 nitrogen and oxygen atoms in total. The van der Waals surface area contributed by atoms with Gasteiger partial charge in [-0.2, -0.15) is 0 Å². The standard InChI is InChI=1S/C88H64N2/c1-61-57-65(49-55-83(61)89(85-47-27-23-41-73(85)63-29-9-3-10-30-63)71-51-53-77-75-43-21-25-45-79(75)87(81(77)59-71,67-33-13-5-14-34-67)68-35-15-6-16-36-68)66-50-56-84(62(2)58-66)90(86-48-28-24-42-74(86)64-31-11-4-12-32-64)72-52-54-78-76-44-22-26-46-80(76)88(82(78)60-72,69-37-17-7-18-38-69)70-39-19-8-20-40-70/h3-60H,1-2H3. The molecule has 0 N–H and O–H groups in total. The number of hydrogen-bond acceptors (Lipinski definition) is 2. The molecule has 0 aromatic heterocycles. The summed E-state index contributed by atoms with van der Waals surface area (Å²) in [5.41, 5.74) is 29.9. The van der Waals surface area contributed by atoms with Gasteiger partial charge in [0.2, 0.25) is 0 Å². The molecule has 0 amide bonds. The number of nitrogens with zero attached hydrogens (tertiary/aromatic N) is 2. The molecule has 16 rings (SSSR count). The molecule has 0 bridgehead atoms. The van der Waals surface area contributed by atoms with Crippen molar-refractivity contribution in [3.8, 4) is 55.6 Å². The van der Waals surface area contributed by atoms with Crippen LogP contribution in [-0.4, -0.2) is 0 Å². The van der Waals surface area contributed by atoms with E-state index in [4.69, 9.17) is 0 Å². The number of fused-ring (bicyclic) bond motifs is 6. The molecular weight excluding hydrogens is 1080 g/mol. The molecule has 0 atom stereocenters. The van der Waals surface area contributed by atoms with Crippen LogP contribution < -0.4 is 9.80 Å². The third kappa shape index (κ3) is 8.70. The second-order valence-electron chi connectivity index (χ2n) is 24.0. The molecule has 0 saturated carbocycles. The topological polar surface area (TPSA) is 6.48 Å². The van der Waals surface area contributed by atoms with Gasteiger partial charge in [0.25, 0.3) is 0 Å². The third-order valence-electron chi connectivity index (χ3n) is 19.1. The number of para-hydroxylation sites is 2. The summed E-state index contributed by atoms with van der Waals surface area (Å²) in [7, 11) is 0. The molecule has 426 valence electrons. The number of hydrogen-bond donors (Lipinski definition) is 0. The lowest BCUT2D eigenvalue weighted by Crippen LogP contribution is -2.28. The number of anilines is 6. The summed E-state index contributed by atoms with van der Waals surface area (Å²) in [5.74, 6) is 0. The fourth-order valence-electron chi connectivity index (χ4n) is 15.2. The van der Waals surface area contributed by atoms with Crippen LogP contribution in [0, 0.1) is 13.8 Å². The van der Waals surface area contributed by atoms with Crippen LogP contribution in [0.25, 0.3) is 55.6 Å². The molecule has 0 heterocycles. The van der Waals surface area contributed by atoms with E-state index < -0.39 is 10.8 Å². The number of benzene rings is 14. The SMILES string of the molecule is Cc1cc(-c2ccc(N(c3ccc4c(c3)C(c3ccccc3)(c3ccccc3)c3ccccc3-4)c3ccccc3-c3ccccc3)c(C)c2)ccc1N(c1ccc2c(c1)C(c1ccccc1)(c1ccccc1)c1ccccc1-2)c1ccccc1-c1ccccc1. The van der Waals surface area contributed by atoms with Gasteiger partial charge in [0.1, 0.15) is 0 Å². The quantitative estimate of drug-likeness (QED) is 0.114. The van der Waals surface area contributed by atoms with Crippen LogP contribution in [0.4, 0.5) is 34.1 Å². The normalized spacial score (nSPS) is 13.0. The first-order chi connectivity index (χ1) is 44.5. The van der Waals surface area contributed by atoms with E-state index in [0.29, 0.717) is 0 Å².